The van der Waals surface area contributed by atoms with E-state index >= 15 is 0 Å². The number of hydrogen-bond donors (Lipinski definition) is 1. The van der Waals surface area contributed by atoms with Crippen LogP contribution in [-0.4, -0.2) is 46.0 Å². The van der Waals surface area contributed by atoms with Crippen LogP contribution < -0.4 is 5.32 Å². The van der Waals surface area contributed by atoms with Crippen molar-refractivity contribution >= 4 is 29.2 Å². The van der Waals surface area contributed by atoms with Crippen LogP contribution in [0.1, 0.15) is 38.5 Å². The number of hydrogen-bond acceptors (Lipinski definition) is 5. The Labute approximate surface area is 130 Å². The molecule has 1 aliphatic rings. The van der Waals surface area contributed by atoms with Gasteiger partial charge >= 0.3 is 0 Å². The molecule has 1 fully saturated rings. The zero-order valence-corrected chi connectivity index (χ0v) is 13.3. The third-order valence-electron chi connectivity index (χ3n) is 3.75. The minimum Gasteiger partial charge on any atom is -0.354 e. The van der Waals surface area contributed by atoms with Crippen LogP contribution in [0.3, 0.4) is 0 Å². The average molecular weight is 318 g/mol. The van der Waals surface area contributed by atoms with Crippen molar-refractivity contribution in [1.29, 1.82) is 0 Å². The largest absolute Gasteiger partial charge is 0.354 e. The Morgan fingerprint density at radius 1 is 1.10 bits per heavy atom. The van der Waals surface area contributed by atoms with E-state index in [4.69, 9.17) is 23.2 Å². The molecule has 1 N–H and O–H groups in total. The molecule has 1 aromatic rings. The SMILES string of the molecule is CN(CCCNc1nc(Cl)nc(Cl)n1)C1CCCCC1. The third-order valence-corrected chi connectivity index (χ3v) is 4.09. The minimum absolute atomic E-state index is 0.117. The highest BCUT2D eigenvalue weighted by atomic mass is 35.5. The molecule has 0 atom stereocenters. The summed E-state index contributed by atoms with van der Waals surface area (Å²) < 4.78 is 0. The lowest BCUT2D eigenvalue weighted by molar-refractivity contribution is 0.191. The summed E-state index contributed by atoms with van der Waals surface area (Å²) in [6.07, 6.45) is 7.84. The molecule has 0 radical (unpaired) electrons. The molecule has 0 aliphatic heterocycles. The molecule has 0 spiro atoms. The van der Waals surface area contributed by atoms with E-state index in [1.54, 1.807) is 0 Å². The Balaban J connectivity index is 1.67. The lowest BCUT2D eigenvalue weighted by Crippen LogP contribution is -2.34. The van der Waals surface area contributed by atoms with Gasteiger partial charge in [-0.3, -0.25) is 0 Å². The number of halogens is 2. The number of anilines is 1. The topological polar surface area (TPSA) is 53.9 Å². The zero-order chi connectivity index (χ0) is 14.4. The van der Waals surface area contributed by atoms with Crippen LogP contribution in [0, 0.1) is 0 Å². The highest BCUT2D eigenvalue weighted by molar-refractivity contribution is 6.31. The summed E-state index contributed by atoms with van der Waals surface area (Å²) in [5.74, 6) is 0.440. The monoisotopic (exact) mass is 317 g/mol. The molecule has 2 rings (SSSR count). The maximum absolute atomic E-state index is 5.72. The molecule has 1 heterocycles. The summed E-state index contributed by atoms with van der Waals surface area (Å²) >= 11 is 11.4. The number of aromatic nitrogens is 3. The Morgan fingerprint density at radius 2 is 1.75 bits per heavy atom. The fourth-order valence-electron chi connectivity index (χ4n) is 2.64. The molecule has 20 heavy (non-hydrogen) atoms. The van der Waals surface area contributed by atoms with E-state index in [9.17, 15) is 0 Å². The van der Waals surface area contributed by atoms with Gasteiger partial charge in [0.15, 0.2) is 0 Å². The van der Waals surface area contributed by atoms with E-state index in [-0.39, 0.29) is 10.6 Å². The molecule has 0 aromatic carbocycles. The zero-order valence-electron chi connectivity index (χ0n) is 11.8. The quantitative estimate of drug-likeness (QED) is 0.816. The third kappa shape index (κ3) is 5.04. The Bertz CT molecular complexity index is 403. The van der Waals surface area contributed by atoms with Gasteiger partial charge in [-0.2, -0.15) is 15.0 Å². The summed E-state index contributed by atoms with van der Waals surface area (Å²) in [7, 11) is 2.21. The van der Waals surface area contributed by atoms with Crippen molar-refractivity contribution in [2.75, 3.05) is 25.5 Å². The van der Waals surface area contributed by atoms with Gasteiger partial charge in [-0.15, -0.1) is 0 Å². The van der Waals surface area contributed by atoms with Crippen LogP contribution in [0.25, 0.3) is 0 Å². The van der Waals surface area contributed by atoms with Gasteiger partial charge in [0, 0.05) is 12.6 Å². The average Bonchev–Trinajstić information content (AvgIpc) is 2.43. The second-order valence-electron chi connectivity index (χ2n) is 5.25. The first-order chi connectivity index (χ1) is 9.65. The maximum atomic E-state index is 5.72. The fraction of sp³-hybridized carbons (Fsp3) is 0.769. The number of nitrogens with zero attached hydrogens (tertiary/aromatic N) is 4. The first kappa shape index (κ1) is 15.7. The van der Waals surface area contributed by atoms with Crippen LogP contribution in [0.15, 0.2) is 0 Å². The van der Waals surface area contributed by atoms with E-state index in [1.165, 1.54) is 32.1 Å². The van der Waals surface area contributed by atoms with Gasteiger partial charge in [0.2, 0.25) is 16.5 Å². The van der Waals surface area contributed by atoms with Crippen molar-refractivity contribution in [3.8, 4) is 0 Å². The number of nitrogens with one attached hydrogen (secondary N) is 1. The summed E-state index contributed by atoms with van der Waals surface area (Å²) in [4.78, 5) is 14.1. The van der Waals surface area contributed by atoms with Crippen molar-refractivity contribution in [3.05, 3.63) is 10.6 Å². The van der Waals surface area contributed by atoms with Gasteiger partial charge in [-0.05, 0) is 56.1 Å². The molecule has 0 amide bonds. The second kappa shape index (κ2) is 7.96. The van der Waals surface area contributed by atoms with Crippen LogP contribution in [0.2, 0.25) is 10.6 Å². The van der Waals surface area contributed by atoms with Crippen molar-refractivity contribution in [2.45, 2.75) is 44.6 Å². The molecule has 0 saturated heterocycles. The standard InChI is InChI=1S/C13H21Cl2N5/c1-20(10-6-3-2-4-7-10)9-5-8-16-13-18-11(14)17-12(15)19-13/h10H,2-9H2,1H3,(H,16,17,18,19). The van der Waals surface area contributed by atoms with E-state index in [0.29, 0.717) is 5.95 Å². The van der Waals surface area contributed by atoms with Gasteiger partial charge in [-0.25, -0.2) is 0 Å². The molecule has 5 nitrogen and oxygen atoms in total. The predicted octanol–water partition coefficient (Wildman–Crippen LogP) is 3.24. The Morgan fingerprint density at radius 3 is 2.40 bits per heavy atom. The lowest BCUT2D eigenvalue weighted by atomic mass is 9.94. The van der Waals surface area contributed by atoms with Gasteiger partial charge in [0.1, 0.15) is 0 Å². The summed E-state index contributed by atoms with van der Waals surface area (Å²) in [6, 6.07) is 0.754. The normalized spacial score (nSPS) is 16.6. The molecule has 0 bridgehead atoms. The van der Waals surface area contributed by atoms with Crippen LogP contribution in [0.5, 0.6) is 0 Å². The molecule has 1 aromatic heterocycles. The lowest BCUT2D eigenvalue weighted by Gasteiger charge is -2.31. The van der Waals surface area contributed by atoms with Gasteiger partial charge < -0.3 is 10.2 Å². The summed E-state index contributed by atoms with van der Waals surface area (Å²) in [5.41, 5.74) is 0. The molecule has 1 saturated carbocycles. The molecular formula is C13H21Cl2N5. The fourth-order valence-corrected chi connectivity index (χ4v) is 3.00. The maximum Gasteiger partial charge on any atom is 0.228 e. The molecular weight excluding hydrogens is 297 g/mol. The predicted molar refractivity (Wildman–Crippen MR) is 82.5 cm³/mol. The first-order valence-corrected chi connectivity index (χ1v) is 7.92. The van der Waals surface area contributed by atoms with E-state index in [2.05, 4.69) is 32.2 Å². The Hall–Kier alpha value is -0.650. The number of rotatable bonds is 6. The van der Waals surface area contributed by atoms with Crippen molar-refractivity contribution in [2.24, 2.45) is 0 Å². The molecule has 0 unspecified atom stereocenters. The van der Waals surface area contributed by atoms with Gasteiger partial charge in [-0.1, -0.05) is 19.3 Å². The smallest absolute Gasteiger partial charge is 0.228 e. The van der Waals surface area contributed by atoms with Crippen molar-refractivity contribution in [3.63, 3.8) is 0 Å². The van der Waals surface area contributed by atoms with Crippen molar-refractivity contribution in [1.82, 2.24) is 19.9 Å². The highest BCUT2D eigenvalue weighted by Crippen LogP contribution is 2.21. The van der Waals surface area contributed by atoms with Crippen LogP contribution in [-0.2, 0) is 0 Å². The molecule has 112 valence electrons. The van der Waals surface area contributed by atoms with Crippen molar-refractivity contribution < 1.29 is 0 Å². The minimum atomic E-state index is 0.117. The van der Waals surface area contributed by atoms with Crippen LogP contribution >= 0.6 is 23.2 Å². The Kier molecular flexibility index (Phi) is 6.26. The van der Waals surface area contributed by atoms with E-state index in [0.717, 1.165) is 25.6 Å². The van der Waals surface area contributed by atoms with Crippen LogP contribution in [0.4, 0.5) is 5.95 Å². The van der Waals surface area contributed by atoms with Gasteiger partial charge in [0.05, 0.1) is 0 Å². The summed E-state index contributed by atoms with van der Waals surface area (Å²) in [5, 5.41) is 3.36. The molecule has 1 aliphatic carbocycles. The van der Waals surface area contributed by atoms with E-state index in [1.807, 2.05) is 0 Å². The summed E-state index contributed by atoms with van der Waals surface area (Å²) in [6.45, 7) is 1.87. The first-order valence-electron chi connectivity index (χ1n) is 7.16. The highest BCUT2D eigenvalue weighted by Gasteiger charge is 2.17. The van der Waals surface area contributed by atoms with Gasteiger partial charge in [0.25, 0.3) is 0 Å². The second-order valence-corrected chi connectivity index (χ2v) is 5.93. The van der Waals surface area contributed by atoms with E-state index < -0.39 is 0 Å². The molecule has 7 heteroatoms.